The smallest absolute Gasteiger partial charge is 0.230 e. The van der Waals surface area contributed by atoms with Crippen molar-refractivity contribution in [3.63, 3.8) is 0 Å². The summed E-state index contributed by atoms with van der Waals surface area (Å²) in [5.41, 5.74) is 2.51. The van der Waals surface area contributed by atoms with Crippen LogP contribution in [-0.4, -0.2) is 36.8 Å². The van der Waals surface area contributed by atoms with Crippen LogP contribution in [0.3, 0.4) is 0 Å². The molecule has 1 amide bonds. The first-order valence-corrected chi connectivity index (χ1v) is 8.11. The monoisotopic (exact) mass is 319 g/mol. The van der Waals surface area contributed by atoms with Crippen LogP contribution >= 0.6 is 0 Å². The average molecular weight is 319 g/mol. The lowest BCUT2D eigenvalue weighted by atomic mass is 10.1. The molecule has 0 saturated carbocycles. The van der Waals surface area contributed by atoms with Gasteiger partial charge in [-0.05, 0) is 39.3 Å². The van der Waals surface area contributed by atoms with Crippen LogP contribution in [0.5, 0.6) is 5.75 Å². The third-order valence-corrected chi connectivity index (χ3v) is 3.37. The fourth-order valence-corrected chi connectivity index (χ4v) is 2.36. The number of rotatable bonds is 8. The highest BCUT2D eigenvalue weighted by Crippen LogP contribution is 2.27. The first-order valence-electron chi connectivity index (χ1n) is 8.11. The zero-order valence-electron chi connectivity index (χ0n) is 15.1. The van der Waals surface area contributed by atoms with E-state index in [1.54, 1.807) is 5.01 Å². The Kier molecular flexibility index (Phi) is 7.59. The quantitative estimate of drug-likeness (QED) is 0.585. The molecule has 23 heavy (non-hydrogen) atoms. The number of ether oxygens (including phenoxy) is 1. The summed E-state index contributed by atoms with van der Waals surface area (Å²) >= 11 is 0. The number of hydrogen-bond donors (Lipinski definition) is 1. The van der Waals surface area contributed by atoms with Crippen LogP contribution in [0.4, 0.5) is 5.69 Å². The molecule has 0 fully saturated rings. The Morgan fingerprint density at radius 3 is 2.70 bits per heavy atom. The van der Waals surface area contributed by atoms with Crippen LogP contribution in [0.1, 0.15) is 45.6 Å². The molecule has 1 aromatic rings. The van der Waals surface area contributed by atoms with Crippen molar-refractivity contribution >= 4 is 17.3 Å². The molecule has 0 spiro atoms. The van der Waals surface area contributed by atoms with Gasteiger partial charge in [-0.15, -0.1) is 0 Å². The Morgan fingerprint density at radius 2 is 2.09 bits per heavy atom. The van der Waals surface area contributed by atoms with E-state index in [0.717, 1.165) is 35.6 Å². The molecule has 1 atom stereocenters. The lowest BCUT2D eigenvalue weighted by Crippen LogP contribution is -2.18. The molecule has 5 nitrogen and oxygen atoms in total. The molecule has 0 aromatic heterocycles. The predicted octanol–water partition coefficient (Wildman–Crippen LogP) is 3.83. The number of hydrazone groups is 1. The minimum Gasteiger partial charge on any atom is -0.490 e. The number of hydrogen-bond acceptors (Lipinski definition) is 4. The van der Waals surface area contributed by atoms with E-state index in [0.29, 0.717) is 0 Å². The van der Waals surface area contributed by atoms with Crippen molar-refractivity contribution in [3.8, 4) is 5.75 Å². The lowest BCUT2D eigenvalue weighted by molar-refractivity contribution is -0.115. The maximum absolute atomic E-state index is 12.1. The van der Waals surface area contributed by atoms with Crippen molar-refractivity contribution in [1.82, 2.24) is 5.01 Å². The maximum atomic E-state index is 12.1. The normalized spacial score (nSPS) is 12.7. The Morgan fingerprint density at radius 1 is 1.39 bits per heavy atom. The maximum Gasteiger partial charge on any atom is 0.230 e. The van der Waals surface area contributed by atoms with Gasteiger partial charge in [0.15, 0.2) is 0 Å². The first kappa shape index (κ1) is 19.0. The van der Waals surface area contributed by atoms with Crippen molar-refractivity contribution in [1.29, 1.82) is 0 Å². The predicted molar refractivity (Wildman–Crippen MR) is 96.2 cm³/mol. The van der Waals surface area contributed by atoms with Gasteiger partial charge in [-0.1, -0.05) is 19.4 Å². The van der Waals surface area contributed by atoms with E-state index >= 15 is 0 Å². The van der Waals surface area contributed by atoms with E-state index < -0.39 is 0 Å². The zero-order chi connectivity index (χ0) is 17.4. The van der Waals surface area contributed by atoms with Gasteiger partial charge < -0.3 is 15.1 Å². The Hall–Kier alpha value is -2.04. The van der Waals surface area contributed by atoms with E-state index in [2.05, 4.69) is 24.3 Å². The molecule has 1 rings (SSSR count). The third kappa shape index (κ3) is 6.72. The van der Waals surface area contributed by atoms with E-state index in [1.807, 2.05) is 46.1 Å². The molecule has 0 radical (unpaired) electrons. The van der Waals surface area contributed by atoms with Gasteiger partial charge in [0.1, 0.15) is 5.75 Å². The molecule has 0 saturated heterocycles. The number of nitrogens with one attached hydrogen (secondary N) is 1. The van der Waals surface area contributed by atoms with Crippen LogP contribution < -0.4 is 10.1 Å². The van der Waals surface area contributed by atoms with Crippen molar-refractivity contribution in [2.45, 2.75) is 53.1 Å². The summed E-state index contributed by atoms with van der Waals surface area (Å²) in [4.78, 5) is 12.1. The van der Waals surface area contributed by atoms with Gasteiger partial charge in [0.05, 0.1) is 12.5 Å². The number of nitrogens with zero attached hydrogens (tertiary/aromatic N) is 2. The Bertz CT molecular complexity index is 553. The lowest BCUT2D eigenvalue weighted by Gasteiger charge is -2.18. The molecule has 1 unspecified atom stereocenters. The Balaban J connectivity index is 2.76. The highest BCUT2D eigenvalue weighted by Gasteiger charge is 2.11. The molecule has 128 valence electrons. The van der Waals surface area contributed by atoms with Gasteiger partial charge in [-0.3, -0.25) is 4.79 Å². The average Bonchev–Trinajstić information content (AvgIpc) is 2.42. The number of benzene rings is 1. The van der Waals surface area contributed by atoms with Crippen molar-refractivity contribution in [2.24, 2.45) is 5.10 Å². The first-order chi connectivity index (χ1) is 10.8. The van der Waals surface area contributed by atoms with Crippen LogP contribution in [0.15, 0.2) is 23.3 Å². The SMILES string of the molecule is CCCC(C)Oc1cccc(NC(=O)C/C(C)=N\N(C)C)c1C. The number of carbonyl (C=O) groups is 1. The Labute approximate surface area is 139 Å². The number of carbonyl (C=O) groups excluding carboxylic acids is 1. The van der Waals surface area contributed by atoms with Gasteiger partial charge in [0.25, 0.3) is 0 Å². The van der Waals surface area contributed by atoms with Gasteiger partial charge in [-0.25, -0.2) is 0 Å². The van der Waals surface area contributed by atoms with E-state index in [9.17, 15) is 4.79 Å². The molecular weight excluding hydrogens is 290 g/mol. The van der Waals surface area contributed by atoms with Gasteiger partial charge in [0, 0.05) is 31.1 Å². The molecule has 0 aliphatic carbocycles. The second-order valence-corrected chi connectivity index (χ2v) is 6.05. The van der Waals surface area contributed by atoms with E-state index in [4.69, 9.17) is 4.74 Å². The fraction of sp³-hybridized carbons (Fsp3) is 0.556. The zero-order valence-corrected chi connectivity index (χ0v) is 15.1. The largest absolute Gasteiger partial charge is 0.490 e. The minimum atomic E-state index is -0.0741. The van der Waals surface area contributed by atoms with Crippen LogP contribution in [0.25, 0.3) is 0 Å². The standard InChI is InChI=1S/C18H29N3O2/c1-7-9-14(3)23-17-11-8-10-16(15(17)4)19-18(22)12-13(2)20-21(5)6/h8,10-11,14H,7,9,12H2,1-6H3,(H,19,22)/b20-13-. The summed E-state index contributed by atoms with van der Waals surface area (Å²) in [6.07, 6.45) is 2.53. The van der Waals surface area contributed by atoms with Crippen molar-refractivity contribution in [2.75, 3.05) is 19.4 Å². The summed E-state index contributed by atoms with van der Waals surface area (Å²) in [6.45, 7) is 8.01. The summed E-state index contributed by atoms with van der Waals surface area (Å²) in [7, 11) is 3.67. The molecule has 1 N–H and O–H groups in total. The summed E-state index contributed by atoms with van der Waals surface area (Å²) in [5.74, 6) is 0.748. The van der Waals surface area contributed by atoms with Gasteiger partial charge >= 0.3 is 0 Å². The topological polar surface area (TPSA) is 53.9 Å². The molecular formula is C18H29N3O2. The van der Waals surface area contributed by atoms with Gasteiger partial charge in [0.2, 0.25) is 5.91 Å². The second-order valence-electron chi connectivity index (χ2n) is 6.05. The molecule has 0 aliphatic rings. The van der Waals surface area contributed by atoms with E-state index in [-0.39, 0.29) is 18.4 Å². The van der Waals surface area contributed by atoms with Crippen molar-refractivity contribution < 1.29 is 9.53 Å². The summed E-state index contributed by atoms with van der Waals surface area (Å²) in [5, 5.41) is 8.86. The highest BCUT2D eigenvalue weighted by atomic mass is 16.5. The molecule has 5 heteroatoms. The molecule has 0 aliphatic heterocycles. The molecule has 1 aromatic carbocycles. The second kappa shape index (κ2) is 9.18. The third-order valence-electron chi connectivity index (χ3n) is 3.37. The van der Waals surface area contributed by atoms with Crippen LogP contribution in [-0.2, 0) is 4.79 Å². The van der Waals surface area contributed by atoms with Gasteiger partial charge in [-0.2, -0.15) is 5.10 Å². The highest BCUT2D eigenvalue weighted by molar-refractivity contribution is 6.05. The molecule has 0 heterocycles. The van der Waals surface area contributed by atoms with Crippen LogP contribution in [0, 0.1) is 6.92 Å². The summed E-state index contributed by atoms with van der Waals surface area (Å²) in [6, 6.07) is 5.73. The summed E-state index contributed by atoms with van der Waals surface area (Å²) < 4.78 is 5.96. The van der Waals surface area contributed by atoms with E-state index in [1.165, 1.54) is 0 Å². The molecule has 0 bridgehead atoms. The number of anilines is 1. The van der Waals surface area contributed by atoms with Crippen molar-refractivity contribution in [3.05, 3.63) is 23.8 Å². The minimum absolute atomic E-state index is 0.0741. The number of amides is 1. The van der Waals surface area contributed by atoms with Crippen LogP contribution in [0.2, 0.25) is 0 Å². The fourth-order valence-electron chi connectivity index (χ4n) is 2.36.